The van der Waals surface area contributed by atoms with Gasteiger partial charge in [-0.25, -0.2) is 0 Å². The van der Waals surface area contributed by atoms with Crippen molar-refractivity contribution >= 4 is 5.97 Å². The molecule has 1 saturated heterocycles. The van der Waals surface area contributed by atoms with E-state index < -0.39 is 0 Å². The maximum Gasteiger partial charge on any atom is 0.325 e. The molecule has 0 saturated carbocycles. The zero-order valence-electron chi connectivity index (χ0n) is 12.9. The van der Waals surface area contributed by atoms with Crippen LogP contribution in [-0.2, 0) is 14.3 Å². The molecule has 1 unspecified atom stereocenters. The molecule has 1 fully saturated rings. The Kier molecular flexibility index (Phi) is 5.73. The molecule has 0 aromatic heterocycles. The lowest BCUT2D eigenvalue weighted by Crippen LogP contribution is -2.50. The second kappa shape index (κ2) is 7.54. The fraction of sp³-hybridized carbons (Fsp3) is 0.562. The summed E-state index contributed by atoms with van der Waals surface area (Å²) in [6.07, 6.45) is 0. The molecular weight excluding hydrogens is 270 g/mol. The smallest absolute Gasteiger partial charge is 0.325 e. The minimum absolute atomic E-state index is 0.106. The summed E-state index contributed by atoms with van der Waals surface area (Å²) < 4.78 is 16.1. The second-order valence-corrected chi connectivity index (χ2v) is 5.35. The minimum Gasteiger partial charge on any atom is -0.425 e. The van der Waals surface area contributed by atoms with E-state index >= 15 is 0 Å². The lowest BCUT2D eigenvalue weighted by molar-refractivity contribution is -0.138. The van der Waals surface area contributed by atoms with Gasteiger partial charge in [0.15, 0.2) is 0 Å². The molecule has 0 N–H and O–H groups in total. The summed E-state index contributed by atoms with van der Waals surface area (Å²) in [5, 5.41) is 0. The molecule has 116 valence electrons. The first kappa shape index (κ1) is 15.9. The summed E-state index contributed by atoms with van der Waals surface area (Å²) in [7, 11) is 1.65. The molecule has 0 aliphatic carbocycles. The van der Waals surface area contributed by atoms with Gasteiger partial charge in [-0.1, -0.05) is 18.2 Å². The Balaban J connectivity index is 1.97. The predicted octanol–water partition coefficient (Wildman–Crippen LogP) is 1.56. The van der Waals surface area contributed by atoms with Gasteiger partial charge in [-0.2, -0.15) is 0 Å². The van der Waals surface area contributed by atoms with Crippen molar-refractivity contribution in [2.45, 2.75) is 19.9 Å². The van der Waals surface area contributed by atoms with Gasteiger partial charge in [0, 0.05) is 13.7 Å². The van der Waals surface area contributed by atoms with Crippen LogP contribution in [0.1, 0.15) is 11.1 Å². The fourth-order valence-corrected chi connectivity index (χ4v) is 2.52. The van der Waals surface area contributed by atoms with Crippen LogP contribution in [-0.4, -0.2) is 56.9 Å². The van der Waals surface area contributed by atoms with Gasteiger partial charge in [0.25, 0.3) is 0 Å². The highest BCUT2D eigenvalue weighted by molar-refractivity contribution is 5.75. The van der Waals surface area contributed by atoms with E-state index in [0.29, 0.717) is 25.6 Å². The Hall–Kier alpha value is -1.43. The van der Waals surface area contributed by atoms with E-state index in [1.165, 1.54) is 0 Å². The van der Waals surface area contributed by atoms with Crippen LogP contribution in [0.3, 0.4) is 0 Å². The predicted molar refractivity (Wildman–Crippen MR) is 79.6 cm³/mol. The molecule has 1 atom stereocenters. The quantitative estimate of drug-likeness (QED) is 0.609. The number of benzene rings is 1. The molecule has 1 aliphatic rings. The number of carbonyl (C=O) groups is 1. The summed E-state index contributed by atoms with van der Waals surface area (Å²) >= 11 is 0. The Bertz CT molecular complexity index is 467. The number of nitrogens with zero attached hydrogens (tertiary/aromatic N) is 1. The normalized spacial score (nSPS) is 19.5. The number of morpholine rings is 1. The number of aryl methyl sites for hydroxylation is 2. The van der Waals surface area contributed by atoms with Gasteiger partial charge in [0.05, 0.1) is 32.4 Å². The molecule has 2 rings (SSSR count). The van der Waals surface area contributed by atoms with E-state index in [4.69, 9.17) is 14.2 Å². The maximum absolute atomic E-state index is 12.2. The van der Waals surface area contributed by atoms with Gasteiger partial charge in [-0.05, 0) is 25.0 Å². The standard InChI is InChI=1S/C16H23NO4/c1-12-5-4-6-13(2)16(12)21-15(18)9-17-7-8-20-11-14(17)10-19-3/h4-6,14H,7-11H2,1-3H3. The van der Waals surface area contributed by atoms with Crippen LogP contribution in [0, 0.1) is 13.8 Å². The van der Waals surface area contributed by atoms with Crippen LogP contribution in [0.25, 0.3) is 0 Å². The monoisotopic (exact) mass is 293 g/mol. The van der Waals surface area contributed by atoms with Gasteiger partial charge in [-0.3, -0.25) is 9.69 Å². The Morgan fingerprint density at radius 3 is 2.76 bits per heavy atom. The van der Waals surface area contributed by atoms with Gasteiger partial charge in [0.1, 0.15) is 5.75 Å². The van der Waals surface area contributed by atoms with Gasteiger partial charge in [0.2, 0.25) is 0 Å². The van der Waals surface area contributed by atoms with Crippen LogP contribution in [0.15, 0.2) is 18.2 Å². The molecule has 1 aliphatic heterocycles. The average molecular weight is 293 g/mol. The van der Waals surface area contributed by atoms with Crippen molar-refractivity contribution in [3.8, 4) is 5.75 Å². The van der Waals surface area contributed by atoms with E-state index in [2.05, 4.69) is 4.90 Å². The minimum atomic E-state index is -0.240. The summed E-state index contributed by atoms with van der Waals surface area (Å²) in [5.74, 6) is 0.425. The van der Waals surface area contributed by atoms with Gasteiger partial charge >= 0.3 is 5.97 Å². The van der Waals surface area contributed by atoms with Crippen molar-refractivity contribution in [3.63, 3.8) is 0 Å². The zero-order valence-corrected chi connectivity index (χ0v) is 12.9. The fourth-order valence-electron chi connectivity index (χ4n) is 2.52. The molecule has 5 heteroatoms. The molecule has 0 spiro atoms. The van der Waals surface area contributed by atoms with E-state index in [1.54, 1.807) is 7.11 Å². The average Bonchev–Trinajstić information content (AvgIpc) is 2.45. The number of esters is 1. The number of rotatable bonds is 5. The number of carbonyl (C=O) groups excluding carboxylic acids is 1. The third-order valence-corrected chi connectivity index (χ3v) is 3.67. The van der Waals surface area contributed by atoms with Crippen LogP contribution in [0.2, 0.25) is 0 Å². The first-order chi connectivity index (χ1) is 10.1. The first-order valence-electron chi connectivity index (χ1n) is 7.19. The van der Waals surface area contributed by atoms with E-state index in [-0.39, 0.29) is 18.6 Å². The summed E-state index contributed by atoms with van der Waals surface area (Å²) in [5.41, 5.74) is 1.94. The van der Waals surface area contributed by atoms with Gasteiger partial charge < -0.3 is 14.2 Å². The number of hydrogen-bond donors (Lipinski definition) is 0. The van der Waals surface area contributed by atoms with Crippen LogP contribution >= 0.6 is 0 Å². The van der Waals surface area contributed by atoms with Crippen LogP contribution in [0.4, 0.5) is 0 Å². The van der Waals surface area contributed by atoms with Crippen molar-refractivity contribution in [3.05, 3.63) is 29.3 Å². The third kappa shape index (κ3) is 4.27. The van der Waals surface area contributed by atoms with Crippen molar-refractivity contribution in [1.29, 1.82) is 0 Å². The number of para-hydroxylation sites is 1. The highest BCUT2D eigenvalue weighted by atomic mass is 16.5. The topological polar surface area (TPSA) is 48.0 Å². The summed E-state index contributed by atoms with van der Waals surface area (Å²) in [4.78, 5) is 14.2. The lowest BCUT2D eigenvalue weighted by atomic mass is 10.1. The molecule has 0 amide bonds. The molecule has 1 aromatic rings. The molecule has 0 bridgehead atoms. The maximum atomic E-state index is 12.2. The Morgan fingerprint density at radius 1 is 1.38 bits per heavy atom. The zero-order chi connectivity index (χ0) is 15.2. The molecular formula is C16H23NO4. The third-order valence-electron chi connectivity index (χ3n) is 3.67. The molecule has 0 radical (unpaired) electrons. The van der Waals surface area contributed by atoms with Crippen molar-refractivity contribution < 1.29 is 19.0 Å². The SMILES string of the molecule is COCC1COCCN1CC(=O)Oc1c(C)cccc1C. The largest absolute Gasteiger partial charge is 0.425 e. The van der Waals surface area contributed by atoms with Crippen LogP contribution < -0.4 is 4.74 Å². The summed E-state index contributed by atoms with van der Waals surface area (Å²) in [6.45, 7) is 6.63. The van der Waals surface area contributed by atoms with Crippen LogP contribution in [0.5, 0.6) is 5.75 Å². The molecule has 21 heavy (non-hydrogen) atoms. The van der Waals surface area contributed by atoms with Crippen molar-refractivity contribution in [1.82, 2.24) is 4.90 Å². The van der Waals surface area contributed by atoms with E-state index in [0.717, 1.165) is 17.7 Å². The molecule has 5 nitrogen and oxygen atoms in total. The second-order valence-electron chi connectivity index (χ2n) is 5.35. The molecule has 1 heterocycles. The first-order valence-corrected chi connectivity index (χ1v) is 7.19. The van der Waals surface area contributed by atoms with Crippen molar-refractivity contribution in [2.24, 2.45) is 0 Å². The Morgan fingerprint density at radius 2 is 2.10 bits per heavy atom. The van der Waals surface area contributed by atoms with Crippen molar-refractivity contribution in [2.75, 3.05) is 40.0 Å². The number of hydrogen-bond acceptors (Lipinski definition) is 5. The highest BCUT2D eigenvalue weighted by Gasteiger charge is 2.25. The van der Waals surface area contributed by atoms with E-state index in [1.807, 2.05) is 32.0 Å². The lowest BCUT2D eigenvalue weighted by Gasteiger charge is -2.34. The van der Waals surface area contributed by atoms with E-state index in [9.17, 15) is 4.79 Å². The van der Waals surface area contributed by atoms with Gasteiger partial charge in [-0.15, -0.1) is 0 Å². The number of ether oxygens (including phenoxy) is 3. The Labute approximate surface area is 125 Å². The number of methoxy groups -OCH3 is 1. The summed E-state index contributed by atoms with van der Waals surface area (Å²) in [6, 6.07) is 5.95. The molecule has 1 aromatic carbocycles. The highest BCUT2D eigenvalue weighted by Crippen LogP contribution is 2.22.